The van der Waals surface area contributed by atoms with Gasteiger partial charge in [0.05, 0.1) is 10.7 Å². The van der Waals surface area contributed by atoms with E-state index in [4.69, 9.17) is 22.1 Å². The van der Waals surface area contributed by atoms with E-state index in [1.54, 1.807) is 18.2 Å². The van der Waals surface area contributed by atoms with Gasteiger partial charge in [0.2, 0.25) is 5.88 Å². The number of nitrogens with zero attached hydrogens (tertiary/aromatic N) is 1. The fraction of sp³-hybridized carbons (Fsp3) is 0. The van der Waals surface area contributed by atoms with Gasteiger partial charge in [0.1, 0.15) is 0 Å². The Morgan fingerprint density at radius 2 is 2.06 bits per heavy atom. The summed E-state index contributed by atoms with van der Waals surface area (Å²) in [5, 5.41) is -0.00741. The first-order valence-electron chi connectivity index (χ1n) is 4.51. The van der Waals surface area contributed by atoms with Crippen LogP contribution in [0.2, 0.25) is 5.02 Å². The normalized spacial score (nSPS) is 10.1. The minimum atomic E-state index is -0.630. The third kappa shape index (κ3) is 2.06. The molecule has 0 amide bonds. The first-order valence-corrected chi connectivity index (χ1v) is 4.88. The minimum Gasteiger partial charge on any atom is -0.434 e. The van der Waals surface area contributed by atoms with Gasteiger partial charge in [0.25, 0.3) is 0 Å². The molecule has 2 aromatic rings. The summed E-state index contributed by atoms with van der Waals surface area (Å²) >= 11 is 5.61. The lowest BCUT2D eigenvalue weighted by Crippen LogP contribution is -1.95. The average Bonchev–Trinajstić information content (AvgIpc) is 2.28. The average molecular weight is 239 g/mol. The predicted octanol–water partition coefficient (Wildman–Crippen LogP) is 3.25. The molecule has 0 atom stereocenters. The molecular weight excluding hydrogens is 231 g/mol. The summed E-state index contributed by atoms with van der Waals surface area (Å²) in [7, 11) is 0. The first kappa shape index (κ1) is 10.7. The first-order chi connectivity index (χ1) is 7.68. The van der Waals surface area contributed by atoms with E-state index in [0.29, 0.717) is 5.69 Å². The summed E-state index contributed by atoms with van der Waals surface area (Å²) in [6.45, 7) is 0. The van der Waals surface area contributed by atoms with Crippen LogP contribution in [0.4, 0.5) is 10.1 Å². The van der Waals surface area contributed by atoms with E-state index in [0.717, 1.165) is 0 Å². The molecule has 0 fully saturated rings. The fourth-order valence-electron chi connectivity index (χ4n) is 1.16. The van der Waals surface area contributed by atoms with Crippen LogP contribution in [0.1, 0.15) is 0 Å². The van der Waals surface area contributed by atoms with Gasteiger partial charge in [-0.3, -0.25) is 0 Å². The minimum absolute atomic E-state index is 0.00194. The van der Waals surface area contributed by atoms with Gasteiger partial charge >= 0.3 is 0 Å². The van der Waals surface area contributed by atoms with Crippen molar-refractivity contribution < 1.29 is 9.13 Å². The molecule has 2 N–H and O–H groups in total. The van der Waals surface area contributed by atoms with E-state index in [9.17, 15) is 4.39 Å². The Hall–Kier alpha value is -1.81. The topological polar surface area (TPSA) is 48.1 Å². The van der Waals surface area contributed by atoms with E-state index in [-0.39, 0.29) is 16.7 Å². The van der Waals surface area contributed by atoms with Crippen LogP contribution in [-0.2, 0) is 0 Å². The number of hydrogen-bond acceptors (Lipinski definition) is 3. The third-order valence-corrected chi connectivity index (χ3v) is 2.22. The summed E-state index contributed by atoms with van der Waals surface area (Å²) in [6.07, 6.45) is 1.51. The van der Waals surface area contributed by atoms with Gasteiger partial charge in [-0.15, -0.1) is 0 Å². The highest BCUT2D eigenvalue weighted by Gasteiger charge is 2.10. The highest BCUT2D eigenvalue weighted by atomic mass is 35.5. The molecule has 0 unspecified atom stereocenters. The Kier molecular flexibility index (Phi) is 2.92. The Balaban J connectivity index is 2.35. The van der Waals surface area contributed by atoms with Crippen LogP contribution in [0.5, 0.6) is 11.6 Å². The van der Waals surface area contributed by atoms with Crippen LogP contribution in [0.15, 0.2) is 36.5 Å². The maximum Gasteiger partial charge on any atom is 0.242 e. The lowest BCUT2D eigenvalue weighted by Gasteiger charge is -2.07. The van der Waals surface area contributed by atoms with Crippen LogP contribution in [0, 0.1) is 5.82 Å². The number of ether oxygens (including phenoxy) is 1. The van der Waals surface area contributed by atoms with Crippen molar-refractivity contribution in [2.45, 2.75) is 0 Å². The molecule has 0 spiro atoms. The molecule has 0 radical (unpaired) electrons. The number of rotatable bonds is 2. The molecule has 0 bridgehead atoms. The Bertz CT molecular complexity index is 519. The number of halogens is 2. The van der Waals surface area contributed by atoms with Gasteiger partial charge in [-0.1, -0.05) is 17.7 Å². The van der Waals surface area contributed by atoms with Gasteiger partial charge in [-0.2, -0.15) is 0 Å². The van der Waals surface area contributed by atoms with Crippen molar-refractivity contribution in [1.82, 2.24) is 4.98 Å². The molecule has 3 nitrogen and oxygen atoms in total. The monoisotopic (exact) mass is 238 g/mol. The Morgan fingerprint density at radius 3 is 2.81 bits per heavy atom. The summed E-state index contributed by atoms with van der Waals surface area (Å²) in [5.41, 5.74) is 5.95. The number of anilines is 1. The van der Waals surface area contributed by atoms with Gasteiger partial charge in [-0.25, -0.2) is 9.37 Å². The van der Waals surface area contributed by atoms with Gasteiger partial charge < -0.3 is 10.5 Å². The van der Waals surface area contributed by atoms with E-state index < -0.39 is 5.82 Å². The fourth-order valence-corrected chi connectivity index (χ4v) is 1.32. The number of pyridine rings is 1. The van der Waals surface area contributed by atoms with Gasteiger partial charge in [0.15, 0.2) is 11.6 Å². The van der Waals surface area contributed by atoms with E-state index >= 15 is 0 Å². The van der Waals surface area contributed by atoms with Crippen molar-refractivity contribution in [3.05, 3.63) is 47.4 Å². The van der Waals surface area contributed by atoms with Gasteiger partial charge in [-0.05, 0) is 24.3 Å². The highest BCUT2D eigenvalue weighted by molar-refractivity contribution is 6.30. The highest BCUT2D eigenvalue weighted by Crippen LogP contribution is 2.29. The van der Waals surface area contributed by atoms with E-state index in [1.165, 1.54) is 18.3 Å². The molecule has 0 saturated heterocycles. The van der Waals surface area contributed by atoms with E-state index in [2.05, 4.69) is 4.98 Å². The second-order valence-electron chi connectivity index (χ2n) is 3.05. The Morgan fingerprint density at radius 1 is 1.25 bits per heavy atom. The molecule has 1 aromatic carbocycles. The molecule has 2 rings (SSSR count). The molecule has 1 heterocycles. The van der Waals surface area contributed by atoms with Crippen molar-refractivity contribution >= 4 is 17.3 Å². The summed E-state index contributed by atoms with van der Waals surface area (Å²) < 4.78 is 18.7. The second-order valence-corrected chi connectivity index (χ2v) is 3.46. The molecule has 82 valence electrons. The van der Waals surface area contributed by atoms with Crippen molar-refractivity contribution in [2.24, 2.45) is 0 Å². The molecule has 0 aliphatic carbocycles. The largest absolute Gasteiger partial charge is 0.434 e. The quantitative estimate of drug-likeness (QED) is 0.874. The number of nitrogens with two attached hydrogens (primary N) is 1. The maximum atomic E-state index is 13.5. The lowest BCUT2D eigenvalue weighted by molar-refractivity contribution is 0.430. The van der Waals surface area contributed by atoms with Crippen molar-refractivity contribution in [3.63, 3.8) is 0 Å². The van der Waals surface area contributed by atoms with Crippen LogP contribution >= 0.6 is 11.6 Å². The molecular formula is C11H8ClFN2O. The summed E-state index contributed by atoms with van der Waals surface area (Å²) in [6, 6.07) is 7.75. The third-order valence-electron chi connectivity index (χ3n) is 1.92. The van der Waals surface area contributed by atoms with Gasteiger partial charge in [0, 0.05) is 6.20 Å². The molecule has 0 aliphatic rings. The zero-order valence-corrected chi connectivity index (χ0v) is 8.91. The lowest BCUT2D eigenvalue weighted by atomic mass is 10.3. The molecule has 0 aliphatic heterocycles. The standard InChI is InChI=1S/C11H8ClFN2O/c12-7-3-1-5-9(10(7)13)16-11-8(14)4-2-6-15-11/h1-6H,14H2. The number of aromatic nitrogens is 1. The van der Waals surface area contributed by atoms with Crippen LogP contribution in [0.25, 0.3) is 0 Å². The maximum absolute atomic E-state index is 13.5. The molecule has 1 aromatic heterocycles. The van der Waals surface area contributed by atoms with Crippen molar-refractivity contribution in [3.8, 4) is 11.6 Å². The smallest absolute Gasteiger partial charge is 0.242 e. The number of nitrogen functional groups attached to an aromatic ring is 1. The summed E-state index contributed by atoms with van der Waals surface area (Å²) in [5.74, 6) is -0.476. The molecule has 5 heteroatoms. The zero-order valence-electron chi connectivity index (χ0n) is 8.15. The predicted molar refractivity (Wildman–Crippen MR) is 60.1 cm³/mol. The molecule has 16 heavy (non-hydrogen) atoms. The Labute approximate surface area is 96.6 Å². The van der Waals surface area contributed by atoms with E-state index in [1.807, 2.05) is 0 Å². The SMILES string of the molecule is Nc1cccnc1Oc1cccc(Cl)c1F. The number of hydrogen-bond donors (Lipinski definition) is 1. The summed E-state index contributed by atoms with van der Waals surface area (Å²) in [4.78, 5) is 3.89. The van der Waals surface area contributed by atoms with Crippen LogP contribution in [0.3, 0.4) is 0 Å². The van der Waals surface area contributed by atoms with Crippen LogP contribution < -0.4 is 10.5 Å². The zero-order chi connectivity index (χ0) is 11.5. The van der Waals surface area contributed by atoms with Crippen LogP contribution in [-0.4, -0.2) is 4.98 Å². The van der Waals surface area contributed by atoms with Crippen molar-refractivity contribution in [1.29, 1.82) is 0 Å². The molecule has 0 saturated carbocycles. The number of benzene rings is 1. The van der Waals surface area contributed by atoms with Crippen molar-refractivity contribution in [2.75, 3.05) is 5.73 Å². The second kappa shape index (κ2) is 4.37.